The van der Waals surface area contributed by atoms with Crippen LogP contribution in [0.1, 0.15) is 15.9 Å². The first-order valence-electron chi connectivity index (χ1n) is 5.29. The van der Waals surface area contributed by atoms with Gasteiger partial charge in [0.05, 0.1) is 5.02 Å². The van der Waals surface area contributed by atoms with E-state index in [4.69, 9.17) is 11.6 Å². The van der Waals surface area contributed by atoms with Crippen LogP contribution >= 0.6 is 27.5 Å². The zero-order valence-corrected chi connectivity index (χ0v) is 11.6. The van der Waals surface area contributed by atoms with Gasteiger partial charge in [-0.15, -0.1) is 0 Å². The molecule has 0 aliphatic carbocycles. The fraction of sp³-hybridized carbons (Fsp3) is 0.0714. The minimum Gasteiger partial charge on any atom is -0.294 e. The van der Waals surface area contributed by atoms with Crippen molar-refractivity contribution in [2.45, 2.75) is 6.42 Å². The number of hydrogen-bond acceptors (Lipinski definition) is 1. The Morgan fingerprint density at radius 3 is 2.61 bits per heavy atom. The summed E-state index contributed by atoms with van der Waals surface area (Å²) in [4.78, 5) is 12.0. The van der Waals surface area contributed by atoms with Crippen LogP contribution in [0.2, 0.25) is 5.02 Å². The topological polar surface area (TPSA) is 17.1 Å². The first-order valence-corrected chi connectivity index (χ1v) is 6.46. The maximum atomic E-state index is 13.2. The third-order valence-electron chi connectivity index (χ3n) is 2.46. The fourth-order valence-electron chi connectivity index (χ4n) is 1.68. The number of ketones is 1. The van der Waals surface area contributed by atoms with E-state index in [2.05, 4.69) is 15.9 Å². The highest BCUT2D eigenvalue weighted by molar-refractivity contribution is 9.10. The molecule has 0 amide bonds. The first kappa shape index (κ1) is 13.2. The Bertz CT molecular complexity index is 578. The lowest BCUT2D eigenvalue weighted by atomic mass is 10.0. The smallest absolute Gasteiger partial charge is 0.168 e. The van der Waals surface area contributed by atoms with Crippen LogP contribution in [0.15, 0.2) is 46.9 Å². The van der Waals surface area contributed by atoms with Crippen molar-refractivity contribution in [1.29, 1.82) is 0 Å². The van der Waals surface area contributed by atoms with Crippen molar-refractivity contribution < 1.29 is 9.18 Å². The summed E-state index contributed by atoms with van der Waals surface area (Å²) in [6.45, 7) is 0. The molecule has 4 heteroatoms. The average Bonchev–Trinajstić information content (AvgIpc) is 2.27. The molecule has 92 valence electrons. The molecule has 0 fully saturated rings. The second-order valence-corrected chi connectivity index (χ2v) is 5.18. The predicted octanol–water partition coefficient (Wildman–Crippen LogP) is 4.67. The molecule has 0 saturated heterocycles. The molecule has 0 aliphatic heterocycles. The molecule has 0 aliphatic rings. The quantitative estimate of drug-likeness (QED) is 0.749. The third-order valence-corrected chi connectivity index (χ3v) is 3.25. The summed E-state index contributed by atoms with van der Waals surface area (Å²) in [7, 11) is 0. The van der Waals surface area contributed by atoms with Crippen LogP contribution in [-0.4, -0.2) is 5.78 Å². The number of carbonyl (C=O) groups is 1. The maximum Gasteiger partial charge on any atom is 0.168 e. The molecule has 0 saturated carbocycles. The summed E-state index contributed by atoms with van der Waals surface area (Å²) in [5.74, 6) is -0.496. The van der Waals surface area contributed by atoms with Crippen LogP contribution in [0.5, 0.6) is 0 Å². The van der Waals surface area contributed by atoms with Crippen molar-refractivity contribution in [2.24, 2.45) is 0 Å². The van der Waals surface area contributed by atoms with Gasteiger partial charge >= 0.3 is 0 Å². The van der Waals surface area contributed by atoms with Gasteiger partial charge in [0.25, 0.3) is 0 Å². The minimum absolute atomic E-state index is 0.125. The molecular formula is C14H9BrClFO. The summed E-state index contributed by atoms with van der Waals surface area (Å²) in [5.41, 5.74) is 1.08. The third kappa shape index (κ3) is 3.18. The minimum atomic E-state index is -0.369. The Morgan fingerprint density at radius 2 is 1.94 bits per heavy atom. The van der Waals surface area contributed by atoms with E-state index in [1.807, 2.05) is 0 Å². The van der Waals surface area contributed by atoms with Gasteiger partial charge in [0.2, 0.25) is 0 Å². The van der Waals surface area contributed by atoms with E-state index in [0.29, 0.717) is 20.6 Å². The molecule has 0 unspecified atom stereocenters. The van der Waals surface area contributed by atoms with E-state index in [0.717, 1.165) is 0 Å². The Hall–Kier alpha value is -1.19. The van der Waals surface area contributed by atoms with Gasteiger partial charge in [0, 0.05) is 16.5 Å². The highest BCUT2D eigenvalue weighted by Crippen LogP contribution is 2.20. The van der Waals surface area contributed by atoms with E-state index < -0.39 is 0 Å². The monoisotopic (exact) mass is 326 g/mol. The normalized spacial score (nSPS) is 10.4. The highest BCUT2D eigenvalue weighted by Gasteiger charge is 2.11. The number of hydrogen-bond donors (Lipinski definition) is 0. The van der Waals surface area contributed by atoms with E-state index in [-0.39, 0.29) is 18.0 Å². The molecule has 18 heavy (non-hydrogen) atoms. The number of halogens is 3. The largest absolute Gasteiger partial charge is 0.294 e. The zero-order valence-electron chi connectivity index (χ0n) is 9.29. The van der Waals surface area contributed by atoms with Crippen molar-refractivity contribution in [3.63, 3.8) is 0 Å². The Balaban J connectivity index is 2.24. The van der Waals surface area contributed by atoms with Crippen molar-refractivity contribution in [3.05, 3.63) is 68.9 Å². The highest BCUT2D eigenvalue weighted by atomic mass is 79.9. The van der Waals surface area contributed by atoms with Crippen LogP contribution < -0.4 is 0 Å². The molecule has 2 rings (SSSR count). The molecule has 0 spiro atoms. The second kappa shape index (κ2) is 5.63. The van der Waals surface area contributed by atoms with Gasteiger partial charge in [-0.1, -0.05) is 39.7 Å². The number of benzene rings is 2. The van der Waals surface area contributed by atoms with Crippen LogP contribution in [0, 0.1) is 5.82 Å². The van der Waals surface area contributed by atoms with Gasteiger partial charge in [-0.2, -0.15) is 0 Å². The van der Waals surface area contributed by atoms with Gasteiger partial charge < -0.3 is 0 Å². The number of Topliss-reactive ketones (excluding diaryl/α,β-unsaturated/α-hetero) is 1. The van der Waals surface area contributed by atoms with Crippen LogP contribution in [0.3, 0.4) is 0 Å². The lowest BCUT2D eigenvalue weighted by Crippen LogP contribution is -2.04. The zero-order chi connectivity index (χ0) is 13.1. The molecule has 2 aromatic carbocycles. The van der Waals surface area contributed by atoms with Gasteiger partial charge in [0.15, 0.2) is 5.78 Å². The Kier molecular flexibility index (Phi) is 4.15. The molecule has 1 nitrogen and oxygen atoms in total. The molecule has 2 aromatic rings. The molecule has 0 atom stereocenters. The lowest BCUT2D eigenvalue weighted by molar-refractivity contribution is 0.0993. The van der Waals surface area contributed by atoms with E-state index >= 15 is 0 Å². The number of rotatable bonds is 3. The standard InChI is InChI=1S/C14H9BrClFO/c15-10-5-9(6-11(17)8-10)7-14(18)12-3-1-2-4-13(12)16/h1-6,8H,7H2. The Labute approximate surface area is 118 Å². The lowest BCUT2D eigenvalue weighted by Gasteiger charge is -2.04. The molecule has 0 bridgehead atoms. The fourth-order valence-corrected chi connectivity index (χ4v) is 2.43. The SMILES string of the molecule is O=C(Cc1cc(F)cc(Br)c1)c1ccccc1Cl. The predicted molar refractivity (Wildman–Crippen MR) is 73.6 cm³/mol. The van der Waals surface area contributed by atoms with Crippen molar-refractivity contribution in [3.8, 4) is 0 Å². The summed E-state index contributed by atoms with van der Waals surface area (Å²) in [6.07, 6.45) is 0.125. The van der Waals surface area contributed by atoms with E-state index in [1.165, 1.54) is 12.1 Å². The first-order chi connectivity index (χ1) is 8.56. The second-order valence-electron chi connectivity index (χ2n) is 3.86. The molecule has 0 radical (unpaired) electrons. The molecule has 0 aromatic heterocycles. The Morgan fingerprint density at radius 1 is 1.22 bits per heavy atom. The van der Waals surface area contributed by atoms with Gasteiger partial charge in [-0.25, -0.2) is 4.39 Å². The van der Waals surface area contributed by atoms with Crippen molar-refractivity contribution >= 4 is 33.3 Å². The van der Waals surface area contributed by atoms with Crippen LogP contribution in [-0.2, 0) is 6.42 Å². The molecule has 0 N–H and O–H groups in total. The van der Waals surface area contributed by atoms with E-state index in [9.17, 15) is 9.18 Å². The number of carbonyl (C=O) groups excluding carboxylic acids is 1. The summed E-state index contributed by atoms with van der Waals surface area (Å²) in [5, 5.41) is 0.415. The maximum absolute atomic E-state index is 13.2. The molecular weight excluding hydrogens is 319 g/mol. The van der Waals surface area contributed by atoms with E-state index in [1.54, 1.807) is 30.3 Å². The van der Waals surface area contributed by atoms with Gasteiger partial charge in [-0.05, 0) is 35.9 Å². The average molecular weight is 328 g/mol. The summed E-state index contributed by atoms with van der Waals surface area (Å²) < 4.78 is 13.8. The van der Waals surface area contributed by atoms with Crippen molar-refractivity contribution in [2.75, 3.05) is 0 Å². The molecule has 0 heterocycles. The van der Waals surface area contributed by atoms with Gasteiger partial charge in [0.1, 0.15) is 5.82 Å². The van der Waals surface area contributed by atoms with Crippen molar-refractivity contribution in [1.82, 2.24) is 0 Å². The van der Waals surface area contributed by atoms with Crippen LogP contribution in [0.4, 0.5) is 4.39 Å². The van der Waals surface area contributed by atoms with Crippen LogP contribution in [0.25, 0.3) is 0 Å². The summed E-state index contributed by atoms with van der Waals surface area (Å²) in [6, 6.07) is 11.3. The van der Waals surface area contributed by atoms with Gasteiger partial charge in [-0.3, -0.25) is 4.79 Å². The summed E-state index contributed by atoms with van der Waals surface area (Å²) >= 11 is 9.14.